The first kappa shape index (κ1) is 28.6. The van der Waals surface area contributed by atoms with E-state index in [9.17, 15) is 0 Å². The van der Waals surface area contributed by atoms with Gasteiger partial charge in [-0.25, -0.2) is 15.0 Å². The van der Waals surface area contributed by atoms with Crippen molar-refractivity contribution in [2.24, 2.45) is 0 Å². The molecular formula is C45H29N3O. The highest BCUT2D eigenvalue weighted by molar-refractivity contribution is 6.11. The zero-order valence-corrected chi connectivity index (χ0v) is 26.5. The van der Waals surface area contributed by atoms with E-state index < -0.39 is 0 Å². The summed E-state index contributed by atoms with van der Waals surface area (Å²) in [5.74, 6) is 1.82. The van der Waals surface area contributed by atoms with Gasteiger partial charge in [0.25, 0.3) is 0 Å². The van der Waals surface area contributed by atoms with Crippen molar-refractivity contribution in [3.8, 4) is 67.5 Å². The number of hydrogen-bond acceptors (Lipinski definition) is 4. The highest BCUT2D eigenvalue weighted by atomic mass is 16.3. The second-order valence-corrected chi connectivity index (χ2v) is 12.1. The molecule has 9 rings (SSSR count). The van der Waals surface area contributed by atoms with E-state index in [0.717, 1.165) is 55.3 Å². The molecule has 0 saturated heterocycles. The highest BCUT2D eigenvalue weighted by Crippen LogP contribution is 2.37. The molecule has 49 heavy (non-hydrogen) atoms. The molecule has 0 amide bonds. The lowest BCUT2D eigenvalue weighted by atomic mass is 9.99. The van der Waals surface area contributed by atoms with Gasteiger partial charge in [0.05, 0.1) is 0 Å². The van der Waals surface area contributed by atoms with Crippen LogP contribution in [0.3, 0.4) is 0 Å². The van der Waals surface area contributed by atoms with E-state index >= 15 is 0 Å². The Morgan fingerprint density at radius 3 is 1.43 bits per heavy atom. The Kier molecular flexibility index (Phi) is 7.10. The predicted octanol–water partition coefficient (Wildman–Crippen LogP) is 11.8. The summed E-state index contributed by atoms with van der Waals surface area (Å²) in [5, 5.41) is 2.03. The van der Waals surface area contributed by atoms with Crippen LogP contribution in [-0.2, 0) is 0 Å². The maximum absolute atomic E-state index is 6.23. The molecule has 0 bridgehead atoms. The van der Waals surface area contributed by atoms with Crippen LogP contribution in [0, 0.1) is 0 Å². The summed E-state index contributed by atoms with van der Waals surface area (Å²) in [4.78, 5) is 15.3. The van der Waals surface area contributed by atoms with Crippen molar-refractivity contribution in [1.29, 1.82) is 0 Å². The van der Waals surface area contributed by atoms with Gasteiger partial charge in [-0.3, -0.25) is 0 Å². The minimum atomic E-state index is 0.599. The minimum Gasteiger partial charge on any atom is -0.456 e. The lowest BCUT2D eigenvalue weighted by Gasteiger charge is -2.11. The predicted molar refractivity (Wildman–Crippen MR) is 200 cm³/mol. The molecule has 0 aliphatic heterocycles. The number of benzene rings is 7. The number of fused-ring (bicyclic) bond motifs is 3. The quantitative estimate of drug-likeness (QED) is 0.184. The van der Waals surface area contributed by atoms with E-state index in [1.54, 1.807) is 0 Å². The monoisotopic (exact) mass is 627 g/mol. The van der Waals surface area contributed by atoms with E-state index in [1.165, 1.54) is 16.7 Å². The fourth-order valence-corrected chi connectivity index (χ4v) is 6.48. The third-order valence-corrected chi connectivity index (χ3v) is 8.98. The summed E-state index contributed by atoms with van der Waals surface area (Å²) in [6, 6.07) is 60.5. The number of hydrogen-bond donors (Lipinski definition) is 0. The number of nitrogens with zero attached hydrogens (tertiary/aromatic N) is 3. The third kappa shape index (κ3) is 5.45. The molecule has 4 nitrogen and oxygen atoms in total. The molecule has 7 aromatic carbocycles. The Morgan fingerprint density at radius 2 is 0.755 bits per heavy atom. The average Bonchev–Trinajstić information content (AvgIpc) is 3.58. The Morgan fingerprint density at radius 1 is 0.306 bits per heavy atom. The van der Waals surface area contributed by atoms with Crippen molar-refractivity contribution in [1.82, 2.24) is 15.0 Å². The van der Waals surface area contributed by atoms with Crippen molar-refractivity contribution < 1.29 is 4.42 Å². The third-order valence-electron chi connectivity index (χ3n) is 8.98. The van der Waals surface area contributed by atoms with Crippen LogP contribution in [0.25, 0.3) is 89.5 Å². The molecule has 9 aromatic rings. The smallest absolute Gasteiger partial charge is 0.164 e. The summed E-state index contributed by atoms with van der Waals surface area (Å²) in [6.45, 7) is 0. The molecule has 0 aliphatic carbocycles. The van der Waals surface area contributed by atoms with E-state index in [2.05, 4.69) is 133 Å². The van der Waals surface area contributed by atoms with Gasteiger partial charge in [0.1, 0.15) is 11.2 Å². The van der Waals surface area contributed by atoms with E-state index in [-0.39, 0.29) is 0 Å². The molecule has 0 N–H and O–H groups in total. The van der Waals surface area contributed by atoms with Gasteiger partial charge in [-0.1, -0.05) is 158 Å². The van der Waals surface area contributed by atoms with Gasteiger partial charge in [-0.15, -0.1) is 0 Å². The second-order valence-electron chi connectivity index (χ2n) is 12.1. The highest BCUT2D eigenvalue weighted by Gasteiger charge is 2.18. The van der Waals surface area contributed by atoms with Crippen LogP contribution in [0.2, 0.25) is 0 Å². The summed E-state index contributed by atoms with van der Waals surface area (Å²) in [5.41, 5.74) is 11.3. The van der Waals surface area contributed by atoms with Gasteiger partial charge >= 0.3 is 0 Å². The number of para-hydroxylation sites is 1. The molecule has 0 atom stereocenters. The lowest BCUT2D eigenvalue weighted by molar-refractivity contribution is 0.669. The molecule has 4 heteroatoms. The first-order chi connectivity index (χ1) is 24.3. The Hall–Kier alpha value is -6.65. The molecule has 0 unspecified atom stereocenters. The average molecular weight is 628 g/mol. The topological polar surface area (TPSA) is 51.8 Å². The number of aromatic nitrogens is 3. The fourth-order valence-electron chi connectivity index (χ4n) is 6.48. The molecule has 0 spiro atoms. The molecule has 0 saturated carbocycles. The van der Waals surface area contributed by atoms with Crippen molar-refractivity contribution >= 4 is 21.9 Å². The van der Waals surface area contributed by atoms with Crippen LogP contribution >= 0.6 is 0 Å². The summed E-state index contributed by atoms with van der Waals surface area (Å²) in [6.07, 6.45) is 0. The maximum atomic E-state index is 6.23. The van der Waals surface area contributed by atoms with Gasteiger partial charge < -0.3 is 4.42 Å². The van der Waals surface area contributed by atoms with Crippen LogP contribution in [0.4, 0.5) is 0 Å². The van der Waals surface area contributed by atoms with Crippen LogP contribution in [0.1, 0.15) is 0 Å². The maximum Gasteiger partial charge on any atom is 0.164 e. The van der Waals surface area contributed by atoms with Crippen LogP contribution in [0.5, 0.6) is 0 Å². The van der Waals surface area contributed by atoms with Crippen molar-refractivity contribution in [2.75, 3.05) is 0 Å². The fraction of sp³-hybridized carbons (Fsp3) is 0. The molecule has 0 aliphatic rings. The normalized spacial score (nSPS) is 11.3. The van der Waals surface area contributed by atoms with Crippen molar-refractivity contribution in [3.05, 3.63) is 176 Å². The Bertz CT molecular complexity index is 2570. The largest absolute Gasteiger partial charge is 0.456 e. The molecule has 0 radical (unpaired) electrons. The van der Waals surface area contributed by atoms with E-state index in [1.807, 2.05) is 42.5 Å². The second kappa shape index (κ2) is 12.2. The van der Waals surface area contributed by atoms with E-state index in [0.29, 0.717) is 17.5 Å². The van der Waals surface area contributed by atoms with Crippen LogP contribution < -0.4 is 0 Å². The molecule has 2 heterocycles. The van der Waals surface area contributed by atoms with Crippen LogP contribution in [0.15, 0.2) is 180 Å². The first-order valence-electron chi connectivity index (χ1n) is 16.4. The summed E-state index contributed by atoms with van der Waals surface area (Å²) in [7, 11) is 0. The zero-order chi connectivity index (χ0) is 32.6. The molecule has 230 valence electrons. The molecule has 2 aromatic heterocycles. The SMILES string of the molecule is c1ccc(-c2ccc(-c3cccc(-c4nc(-c5ccc(-c6ccccc6)cc5)nc(-c5cccc6oc7ccccc7c56)n4)c3)cc2)cc1. The Labute approximate surface area is 284 Å². The number of furan rings is 1. The lowest BCUT2D eigenvalue weighted by Crippen LogP contribution is -2.00. The summed E-state index contributed by atoms with van der Waals surface area (Å²) < 4.78 is 6.23. The van der Waals surface area contributed by atoms with Crippen molar-refractivity contribution in [2.45, 2.75) is 0 Å². The van der Waals surface area contributed by atoms with Gasteiger partial charge in [-0.2, -0.15) is 0 Å². The van der Waals surface area contributed by atoms with E-state index in [4.69, 9.17) is 19.4 Å². The zero-order valence-electron chi connectivity index (χ0n) is 26.5. The van der Waals surface area contributed by atoms with Gasteiger partial charge in [0.15, 0.2) is 17.5 Å². The van der Waals surface area contributed by atoms with Gasteiger partial charge in [-0.05, 0) is 51.6 Å². The number of rotatable bonds is 6. The van der Waals surface area contributed by atoms with Crippen molar-refractivity contribution in [3.63, 3.8) is 0 Å². The first-order valence-corrected chi connectivity index (χ1v) is 16.4. The minimum absolute atomic E-state index is 0.599. The van der Waals surface area contributed by atoms with Crippen LogP contribution in [-0.4, -0.2) is 15.0 Å². The Balaban J connectivity index is 1.17. The summed E-state index contributed by atoms with van der Waals surface area (Å²) >= 11 is 0. The van der Waals surface area contributed by atoms with Gasteiger partial charge in [0.2, 0.25) is 0 Å². The molecular weight excluding hydrogens is 599 g/mol. The van der Waals surface area contributed by atoms with Gasteiger partial charge in [0, 0.05) is 27.5 Å². The molecule has 0 fully saturated rings. The standard InChI is InChI=1S/C45H29N3O/c1-3-11-30(12-4-1)32-21-23-34(24-22-32)36-15-9-16-37(29-36)44-46-43(35-27-25-33(26-28-35)31-13-5-2-6-14-31)47-45(48-44)39-18-10-20-41-42(39)38-17-7-8-19-40(38)49-41/h1-29H.